The molecule has 0 unspecified atom stereocenters. The van der Waals surface area contributed by atoms with Gasteiger partial charge in [0.1, 0.15) is 11.9 Å². The van der Waals surface area contributed by atoms with E-state index in [1.54, 1.807) is 12.4 Å². The number of hydrogen-bond acceptors (Lipinski definition) is 5. The topological polar surface area (TPSA) is 73.2 Å². The number of nitrogens with one attached hydrogen (secondary N) is 1. The molecular formula is C30H45N3O3. The van der Waals surface area contributed by atoms with E-state index in [0.29, 0.717) is 12.8 Å². The smallest absolute Gasteiger partial charge is 0.306 e. The first-order valence-electron chi connectivity index (χ1n) is 13.5. The number of imidazole rings is 1. The Kier molecular flexibility index (Phi) is 13.6. The van der Waals surface area contributed by atoms with Crippen molar-refractivity contribution in [2.75, 3.05) is 11.9 Å². The molecule has 0 atom stereocenters. The minimum absolute atomic E-state index is 0.0205. The van der Waals surface area contributed by atoms with Gasteiger partial charge in [-0.3, -0.25) is 14.2 Å². The van der Waals surface area contributed by atoms with Gasteiger partial charge in [0.15, 0.2) is 0 Å². The monoisotopic (exact) mass is 495 g/mol. The van der Waals surface area contributed by atoms with Gasteiger partial charge in [0, 0.05) is 31.0 Å². The Balaban J connectivity index is 1.39. The number of rotatable bonds is 17. The number of anilines is 1. The van der Waals surface area contributed by atoms with Gasteiger partial charge in [0.25, 0.3) is 0 Å². The molecule has 6 heteroatoms. The van der Waals surface area contributed by atoms with Crippen molar-refractivity contribution in [1.29, 1.82) is 0 Å². The van der Waals surface area contributed by atoms with Crippen molar-refractivity contribution in [2.45, 2.75) is 103 Å². The van der Waals surface area contributed by atoms with Crippen LogP contribution in [0.3, 0.4) is 0 Å². The third-order valence-electron chi connectivity index (χ3n) is 5.82. The zero-order chi connectivity index (χ0) is 26.1. The second-order valence-corrected chi connectivity index (χ2v) is 10.4. The molecule has 2 aromatic rings. The van der Waals surface area contributed by atoms with Crippen LogP contribution in [0, 0.1) is 0 Å². The number of ether oxygens (including phenoxy) is 1. The van der Waals surface area contributed by atoms with Crippen LogP contribution in [0.25, 0.3) is 0 Å². The summed E-state index contributed by atoms with van der Waals surface area (Å²) in [5.41, 5.74) is 1.71. The molecule has 0 fully saturated rings. The van der Waals surface area contributed by atoms with Crippen molar-refractivity contribution in [3.05, 3.63) is 60.7 Å². The Morgan fingerprint density at radius 3 is 2.19 bits per heavy atom. The molecule has 0 spiro atoms. The highest BCUT2D eigenvalue weighted by molar-refractivity contribution is 5.81. The van der Waals surface area contributed by atoms with Crippen LogP contribution in [0.2, 0.25) is 0 Å². The fourth-order valence-corrected chi connectivity index (χ4v) is 3.91. The number of carbonyl (C=O) groups excluding carboxylic acids is 2. The zero-order valence-corrected chi connectivity index (χ0v) is 22.5. The lowest BCUT2D eigenvalue weighted by molar-refractivity contribution is -0.154. The third kappa shape index (κ3) is 13.9. The lowest BCUT2D eigenvalue weighted by Crippen LogP contribution is -2.23. The van der Waals surface area contributed by atoms with E-state index in [4.69, 9.17) is 4.74 Å². The molecule has 0 aliphatic heterocycles. The lowest BCUT2D eigenvalue weighted by atomic mass is 10.1. The number of benzene rings is 1. The van der Waals surface area contributed by atoms with Crippen molar-refractivity contribution in [2.24, 2.45) is 0 Å². The minimum atomic E-state index is -0.373. The summed E-state index contributed by atoms with van der Waals surface area (Å²) in [6.07, 6.45) is 22.0. The molecule has 0 saturated carbocycles. The molecule has 6 nitrogen and oxygen atoms in total. The van der Waals surface area contributed by atoms with Gasteiger partial charge in [-0.1, -0.05) is 56.4 Å². The normalized spacial score (nSPS) is 11.6. The minimum Gasteiger partial charge on any atom is -0.460 e. The predicted octanol–water partition coefficient (Wildman–Crippen LogP) is 7.37. The van der Waals surface area contributed by atoms with Gasteiger partial charge in [0.05, 0.1) is 6.42 Å². The fourth-order valence-electron chi connectivity index (χ4n) is 3.91. The van der Waals surface area contributed by atoms with E-state index in [0.717, 1.165) is 49.9 Å². The Morgan fingerprint density at radius 1 is 0.917 bits per heavy atom. The van der Waals surface area contributed by atoms with Gasteiger partial charge in [0.2, 0.25) is 5.91 Å². The summed E-state index contributed by atoms with van der Waals surface area (Å²) in [6, 6.07) is 8.07. The van der Waals surface area contributed by atoms with Crippen LogP contribution in [-0.2, 0) is 16.0 Å². The van der Waals surface area contributed by atoms with E-state index in [-0.39, 0.29) is 17.5 Å². The maximum atomic E-state index is 12.1. The molecule has 0 radical (unpaired) electrons. The average molecular weight is 496 g/mol. The van der Waals surface area contributed by atoms with Gasteiger partial charge in [-0.2, -0.15) is 0 Å². The number of aromatic nitrogens is 2. The summed E-state index contributed by atoms with van der Waals surface area (Å²) in [5.74, 6) is -0.0529. The SMILES string of the molecule is CC(C)(C)OC(=O)CCCCCCCCCC=CCCCNc1ccc(CC(=O)n2ccnc2)cc1. The van der Waals surface area contributed by atoms with Crippen molar-refractivity contribution < 1.29 is 14.3 Å². The molecule has 36 heavy (non-hydrogen) atoms. The number of unbranched alkanes of at least 4 members (excludes halogenated alkanes) is 8. The van der Waals surface area contributed by atoms with Gasteiger partial charge in [-0.15, -0.1) is 0 Å². The highest BCUT2D eigenvalue weighted by Crippen LogP contribution is 2.14. The summed E-state index contributed by atoms with van der Waals surface area (Å²) < 4.78 is 6.85. The Labute approximate surface area is 217 Å². The van der Waals surface area contributed by atoms with Crippen molar-refractivity contribution >= 4 is 17.6 Å². The standard InChI is InChI=1S/C30H45N3O3/c1-30(2,3)36-29(35)16-14-12-10-8-6-4-5-7-9-11-13-15-21-32-27-19-17-26(18-20-27)24-28(34)33-23-22-31-25-33/h9,11,17-20,22-23,25,32H,4-8,10,12-16,21,24H2,1-3H3. The fraction of sp³-hybridized carbons (Fsp3) is 0.567. The third-order valence-corrected chi connectivity index (χ3v) is 5.82. The molecule has 0 bridgehead atoms. The largest absolute Gasteiger partial charge is 0.460 e. The Hall–Kier alpha value is -2.89. The number of carbonyl (C=O) groups is 2. The summed E-state index contributed by atoms with van der Waals surface area (Å²) in [7, 11) is 0. The first-order chi connectivity index (χ1) is 17.3. The highest BCUT2D eigenvalue weighted by Gasteiger charge is 2.15. The Bertz CT molecular complexity index is 897. The quantitative estimate of drug-likeness (QED) is 0.141. The van der Waals surface area contributed by atoms with E-state index in [2.05, 4.69) is 22.5 Å². The molecule has 0 aliphatic carbocycles. The second-order valence-electron chi connectivity index (χ2n) is 10.4. The van der Waals surface area contributed by atoms with Crippen LogP contribution in [-0.4, -0.2) is 33.6 Å². The number of allylic oxidation sites excluding steroid dienone is 2. The zero-order valence-electron chi connectivity index (χ0n) is 22.5. The van der Waals surface area contributed by atoms with Crippen LogP contribution < -0.4 is 5.32 Å². The molecule has 1 aromatic carbocycles. The summed E-state index contributed by atoms with van der Waals surface area (Å²) in [5, 5.41) is 3.45. The van der Waals surface area contributed by atoms with E-state index in [1.807, 2.05) is 45.0 Å². The Morgan fingerprint density at radius 2 is 1.56 bits per heavy atom. The van der Waals surface area contributed by atoms with Crippen molar-refractivity contribution in [3.8, 4) is 0 Å². The van der Waals surface area contributed by atoms with Gasteiger partial charge in [-0.05, 0) is 70.6 Å². The van der Waals surface area contributed by atoms with Crippen LogP contribution in [0.1, 0.15) is 102 Å². The number of esters is 1. The second kappa shape index (κ2) is 16.7. The van der Waals surface area contributed by atoms with E-state index in [9.17, 15) is 9.59 Å². The summed E-state index contributed by atoms with van der Waals surface area (Å²) >= 11 is 0. The molecular weight excluding hydrogens is 450 g/mol. The van der Waals surface area contributed by atoms with E-state index in [1.165, 1.54) is 43.0 Å². The molecule has 0 amide bonds. The van der Waals surface area contributed by atoms with Crippen LogP contribution in [0.4, 0.5) is 5.69 Å². The molecule has 1 N–H and O–H groups in total. The number of hydrogen-bond donors (Lipinski definition) is 1. The first kappa shape index (κ1) is 29.3. The van der Waals surface area contributed by atoms with Crippen molar-refractivity contribution in [1.82, 2.24) is 9.55 Å². The number of nitrogens with zero attached hydrogens (tertiary/aromatic N) is 2. The molecule has 2 rings (SSSR count). The summed E-state index contributed by atoms with van der Waals surface area (Å²) in [4.78, 5) is 27.7. The maximum absolute atomic E-state index is 12.1. The maximum Gasteiger partial charge on any atom is 0.306 e. The molecule has 1 aromatic heterocycles. The van der Waals surface area contributed by atoms with E-state index >= 15 is 0 Å². The highest BCUT2D eigenvalue weighted by atomic mass is 16.6. The molecule has 1 heterocycles. The lowest BCUT2D eigenvalue weighted by Gasteiger charge is -2.19. The molecule has 0 aliphatic rings. The first-order valence-corrected chi connectivity index (χ1v) is 13.5. The van der Waals surface area contributed by atoms with Gasteiger partial charge >= 0.3 is 5.97 Å². The van der Waals surface area contributed by atoms with Gasteiger partial charge < -0.3 is 10.1 Å². The van der Waals surface area contributed by atoms with Crippen molar-refractivity contribution in [3.63, 3.8) is 0 Å². The van der Waals surface area contributed by atoms with Crippen LogP contribution in [0.5, 0.6) is 0 Å². The van der Waals surface area contributed by atoms with Crippen LogP contribution in [0.15, 0.2) is 55.1 Å². The molecule has 0 saturated heterocycles. The molecule has 198 valence electrons. The average Bonchev–Trinajstić information content (AvgIpc) is 3.37. The predicted molar refractivity (Wildman–Crippen MR) is 147 cm³/mol. The van der Waals surface area contributed by atoms with E-state index < -0.39 is 0 Å². The van der Waals surface area contributed by atoms with Gasteiger partial charge in [-0.25, -0.2) is 4.98 Å². The van der Waals surface area contributed by atoms with Crippen LogP contribution >= 0.6 is 0 Å². The summed E-state index contributed by atoms with van der Waals surface area (Å²) in [6.45, 7) is 6.68.